The molecule has 1 aliphatic rings. The van der Waals surface area contributed by atoms with E-state index in [0.717, 1.165) is 36.3 Å². The van der Waals surface area contributed by atoms with Gasteiger partial charge < -0.3 is 19.5 Å². The lowest BCUT2D eigenvalue weighted by atomic mass is 10.1. The Morgan fingerprint density at radius 1 is 1.28 bits per heavy atom. The number of benzene rings is 2. The molecule has 1 aromatic heterocycles. The predicted molar refractivity (Wildman–Crippen MR) is 110 cm³/mol. The van der Waals surface area contributed by atoms with E-state index < -0.39 is 0 Å². The van der Waals surface area contributed by atoms with Crippen molar-refractivity contribution in [2.24, 2.45) is 0 Å². The fourth-order valence-corrected chi connectivity index (χ4v) is 3.54. The number of urea groups is 1. The number of hydrogen-bond donors (Lipinski definition) is 1. The van der Waals surface area contributed by atoms with Crippen LogP contribution >= 0.6 is 0 Å². The van der Waals surface area contributed by atoms with Gasteiger partial charge in [-0.25, -0.2) is 4.79 Å². The van der Waals surface area contributed by atoms with Crippen LogP contribution in [0.25, 0.3) is 11.4 Å². The van der Waals surface area contributed by atoms with E-state index in [2.05, 4.69) is 22.4 Å². The highest BCUT2D eigenvalue weighted by Crippen LogP contribution is 2.33. The molecule has 0 aliphatic carbocycles. The molecule has 0 radical (unpaired) electrons. The van der Waals surface area contributed by atoms with Crippen molar-refractivity contribution < 1.29 is 14.1 Å². The second-order valence-corrected chi connectivity index (χ2v) is 7.02. The van der Waals surface area contributed by atoms with Crippen LogP contribution in [-0.4, -0.2) is 34.7 Å². The third-order valence-corrected chi connectivity index (χ3v) is 5.18. The van der Waals surface area contributed by atoms with E-state index in [4.69, 9.17) is 9.26 Å². The van der Waals surface area contributed by atoms with Crippen molar-refractivity contribution >= 4 is 11.7 Å². The van der Waals surface area contributed by atoms with Gasteiger partial charge in [-0.1, -0.05) is 36.3 Å². The second-order valence-electron chi connectivity index (χ2n) is 7.02. The summed E-state index contributed by atoms with van der Waals surface area (Å²) in [6.45, 7) is 2.76. The first kappa shape index (κ1) is 19.0. The van der Waals surface area contributed by atoms with Crippen LogP contribution in [0.2, 0.25) is 0 Å². The molecule has 1 saturated heterocycles. The number of nitrogens with one attached hydrogen (secondary N) is 1. The summed E-state index contributed by atoms with van der Waals surface area (Å²) in [6, 6.07) is 15.0. The van der Waals surface area contributed by atoms with Crippen molar-refractivity contribution in [1.29, 1.82) is 0 Å². The number of amides is 2. The highest BCUT2D eigenvalue weighted by atomic mass is 16.5. The van der Waals surface area contributed by atoms with Gasteiger partial charge in [0.25, 0.3) is 0 Å². The molecule has 7 heteroatoms. The smallest absolute Gasteiger partial charge is 0.322 e. The summed E-state index contributed by atoms with van der Waals surface area (Å²) in [6.07, 6.45) is 2.65. The maximum Gasteiger partial charge on any atom is 0.322 e. The van der Waals surface area contributed by atoms with E-state index in [-0.39, 0.29) is 12.1 Å². The minimum atomic E-state index is -0.225. The van der Waals surface area contributed by atoms with Crippen molar-refractivity contribution in [2.75, 3.05) is 19.0 Å². The van der Waals surface area contributed by atoms with Gasteiger partial charge in [0, 0.05) is 17.8 Å². The van der Waals surface area contributed by atoms with Crippen LogP contribution < -0.4 is 10.1 Å². The fourth-order valence-electron chi connectivity index (χ4n) is 3.54. The van der Waals surface area contributed by atoms with Gasteiger partial charge in [-0.05, 0) is 49.1 Å². The van der Waals surface area contributed by atoms with Gasteiger partial charge in [0.05, 0.1) is 7.11 Å². The highest BCUT2D eigenvalue weighted by Gasteiger charge is 2.34. The van der Waals surface area contributed by atoms with Crippen LogP contribution in [-0.2, 0) is 6.42 Å². The molecule has 2 aromatic carbocycles. The average Bonchev–Trinajstić information content (AvgIpc) is 3.44. The quantitative estimate of drug-likeness (QED) is 0.682. The number of aromatic nitrogens is 2. The maximum atomic E-state index is 12.8. The first-order chi connectivity index (χ1) is 14.2. The number of anilines is 1. The molecular formula is C22H24N4O3. The Balaban J connectivity index is 1.49. The summed E-state index contributed by atoms with van der Waals surface area (Å²) in [7, 11) is 1.62. The third-order valence-electron chi connectivity index (χ3n) is 5.18. The fraction of sp³-hybridized carbons (Fsp3) is 0.318. The predicted octanol–water partition coefficient (Wildman–Crippen LogP) is 4.68. The van der Waals surface area contributed by atoms with Gasteiger partial charge in [-0.3, -0.25) is 0 Å². The second kappa shape index (κ2) is 8.34. The minimum Gasteiger partial charge on any atom is -0.497 e. The van der Waals surface area contributed by atoms with Crippen molar-refractivity contribution in [2.45, 2.75) is 32.2 Å². The Morgan fingerprint density at radius 2 is 2.10 bits per heavy atom. The Labute approximate surface area is 169 Å². The number of rotatable bonds is 5. The maximum absolute atomic E-state index is 12.8. The van der Waals surface area contributed by atoms with Gasteiger partial charge in [-0.15, -0.1) is 0 Å². The Morgan fingerprint density at radius 3 is 2.86 bits per heavy atom. The lowest BCUT2D eigenvalue weighted by Crippen LogP contribution is -2.34. The normalized spacial score (nSPS) is 16.1. The van der Waals surface area contributed by atoms with E-state index in [1.807, 2.05) is 48.5 Å². The summed E-state index contributed by atoms with van der Waals surface area (Å²) in [4.78, 5) is 19.1. The number of carbonyl (C=O) groups excluding carboxylic acids is 1. The molecule has 1 N–H and O–H groups in total. The van der Waals surface area contributed by atoms with Gasteiger partial charge in [0.1, 0.15) is 11.8 Å². The molecule has 4 rings (SSSR count). The zero-order valence-corrected chi connectivity index (χ0v) is 16.6. The summed E-state index contributed by atoms with van der Waals surface area (Å²) in [5.41, 5.74) is 2.82. The average molecular weight is 392 g/mol. The van der Waals surface area contributed by atoms with E-state index >= 15 is 0 Å². The molecule has 1 aliphatic heterocycles. The first-order valence-corrected chi connectivity index (χ1v) is 9.82. The third kappa shape index (κ3) is 4.08. The molecule has 7 nitrogen and oxygen atoms in total. The van der Waals surface area contributed by atoms with E-state index in [1.54, 1.807) is 12.0 Å². The van der Waals surface area contributed by atoms with E-state index in [0.29, 0.717) is 18.3 Å². The molecule has 2 amide bonds. The van der Waals surface area contributed by atoms with Crippen molar-refractivity contribution in [3.8, 4) is 17.1 Å². The van der Waals surface area contributed by atoms with Crippen LogP contribution in [0.3, 0.4) is 0 Å². The minimum absolute atomic E-state index is 0.155. The molecule has 0 bridgehead atoms. The lowest BCUT2D eigenvalue weighted by Gasteiger charge is -2.22. The van der Waals surface area contributed by atoms with Crippen molar-refractivity contribution in [3.05, 3.63) is 60.0 Å². The standard InChI is InChI=1S/C22H24N4O3/c1-3-15-9-11-17(12-10-15)23-22(27)26-13-5-8-19(26)21-24-20(25-29-21)16-6-4-7-18(14-16)28-2/h4,6-7,9-12,14,19H,3,5,8,13H2,1-2H3,(H,23,27)/t19-/m1/s1. The van der Waals surface area contributed by atoms with Gasteiger partial charge in [0.2, 0.25) is 11.7 Å². The molecule has 0 saturated carbocycles. The zero-order chi connectivity index (χ0) is 20.2. The molecule has 29 heavy (non-hydrogen) atoms. The van der Waals surface area contributed by atoms with Gasteiger partial charge >= 0.3 is 6.03 Å². The number of nitrogens with zero attached hydrogens (tertiary/aromatic N) is 3. The van der Waals surface area contributed by atoms with E-state index in [9.17, 15) is 4.79 Å². The van der Waals surface area contributed by atoms with E-state index in [1.165, 1.54) is 5.56 Å². The number of carbonyl (C=O) groups is 1. The molecule has 0 spiro atoms. The largest absolute Gasteiger partial charge is 0.497 e. The summed E-state index contributed by atoms with van der Waals surface area (Å²) in [5, 5.41) is 7.07. The highest BCUT2D eigenvalue weighted by molar-refractivity contribution is 5.89. The number of ether oxygens (including phenoxy) is 1. The van der Waals surface area contributed by atoms with Crippen LogP contribution in [0, 0.1) is 0 Å². The van der Waals surface area contributed by atoms with Gasteiger partial charge in [0.15, 0.2) is 0 Å². The first-order valence-electron chi connectivity index (χ1n) is 9.82. The monoisotopic (exact) mass is 392 g/mol. The number of aryl methyl sites for hydroxylation is 1. The zero-order valence-electron chi connectivity index (χ0n) is 16.6. The van der Waals surface area contributed by atoms with Crippen molar-refractivity contribution in [3.63, 3.8) is 0 Å². The Bertz CT molecular complexity index is 984. The molecule has 1 atom stereocenters. The number of methoxy groups -OCH3 is 1. The van der Waals surface area contributed by atoms with Crippen LogP contribution in [0.5, 0.6) is 5.75 Å². The summed E-state index contributed by atoms with van der Waals surface area (Å²) >= 11 is 0. The number of hydrogen-bond acceptors (Lipinski definition) is 5. The Hall–Kier alpha value is -3.35. The van der Waals surface area contributed by atoms with Crippen LogP contribution in [0.4, 0.5) is 10.5 Å². The molecule has 0 unspecified atom stereocenters. The van der Waals surface area contributed by atoms with Crippen molar-refractivity contribution in [1.82, 2.24) is 15.0 Å². The van der Waals surface area contributed by atoms with Gasteiger partial charge in [-0.2, -0.15) is 4.98 Å². The molecule has 150 valence electrons. The Kier molecular flexibility index (Phi) is 5.46. The molecule has 1 fully saturated rings. The SMILES string of the molecule is CCc1ccc(NC(=O)N2CCC[C@@H]2c2nc(-c3cccc(OC)c3)no2)cc1. The van der Waals surface area contributed by atoms with Crippen LogP contribution in [0.1, 0.15) is 37.3 Å². The topological polar surface area (TPSA) is 80.5 Å². The van der Waals surface area contributed by atoms with Crippen LogP contribution in [0.15, 0.2) is 53.1 Å². The number of likely N-dealkylation sites (tertiary alicyclic amines) is 1. The molecule has 2 heterocycles. The summed E-state index contributed by atoms with van der Waals surface area (Å²) in [5.74, 6) is 1.67. The molecule has 3 aromatic rings. The summed E-state index contributed by atoms with van der Waals surface area (Å²) < 4.78 is 10.8. The lowest BCUT2D eigenvalue weighted by molar-refractivity contribution is 0.193. The molecular weight excluding hydrogens is 368 g/mol.